The van der Waals surface area contributed by atoms with Gasteiger partial charge >= 0.3 is 0 Å². The molecule has 2 rings (SSSR count). The van der Waals surface area contributed by atoms with Gasteiger partial charge < -0.3 is 4.74 Å². The lowest BCUT2D eigenvalue weighted by molar-refractivity contribution is 0.317. The number of nitrogens with zero attached hydrogens (tertiary/aromatic N) is 1. The van der Waals surface area contributed by atoms with Gasteiger partial charge in [0.15, 0.2) is 0 Å². The Morgan fingerprint density at radius 2 is 1.86 bits per heavy atom. The molecule has 21 heavy (non-hydrogen) atoms. The lowest BCUT2D eigenvalue weighted by atomic mass is 10.2. The lowest BCUT2D eigenvalue weighted by Crippen LogP contribution is -1.95. The van der Waals surface area contributed by atoms with Crippen LogP contribution >= 0.6 is 23.2 Å². The van der Waals surface area contributed by atoms with Crippen LogP contribution in [-0.4, -0.2) is 12.8 Å². The van der Waals surface area contributed by atoms with Crippen LogP contribution in [-0.2, 0) is 0 Å². The standard InChI is InChI=1S/C16H16Cl2N2O/c1-2-9-21-14-6-3-12(4-7-14)11-19-20-13-5-8-15(17)16(18)10-13/h3-8,10-11,20H,2,9H2,1H3. The largest absolute Gasteiger partial charge is 0.494 e. The van der Waals surface area contributed by atoms with Crippen molar-refractivity contribution < 1.29 is 4.74 Å². The fourth-order valence-electron chi connectivity index (χ4n) is 1.62. The zero-order valence-corrected chi connectivity index (χ0v) is 13.2. The Morgan fingerprint density at radius 1 is 1.10 bits per heavy atom. The summed E-state index contributed by atoms with van der Waals surface area (Å²) in [4.78, 5) is 0. The predicted octanol–water partition coefficient (Wildman–Crippen LogP) is 5.23. The Bertz CT molecular complexity index is 612. The molecule has 0 heterocycles. The van der Waals surface area contributed by atoms with Crippen molar-refractivity contribution in [2.24, 2.45) is 5.10 Å². The summed E-state index contributed by atoms with van der Waals surface area (Å²) in [6.45, 7) is 2.81. The van der Waals surface area contributed by atoms with Crippen molar-refractivity contribution in [3.8, 4) is 5.75 Å². The summed E-state index contributed by atoms with van der Waals surface area (Å²) in [5, 5.41) is 5.17. The third-order valence-corrected chi connectivity index (χ3v) is 3.42. The van der Waals surface area contributed by atoms with Crippen molar-refractivity contribution >= 4 is 35.1 Å². The maximum absolute atomic E-state index is 5.93. The predicted molar refractivity (Wildman–Crippen MR) is 89.9 cm³/mol. The van der Waals surface area contributed by atoms with E-state index in [2.05, 4.69) is 17.5 Å². The number of hydrogen-bond donors (Lipinski definition) is 1. The van der Waals surface area contributed by atoms with Crippen molar-refractivity contribution in [2.45, 2.75) is 13.3 Å². The molecular formula is C16H16Cl2N2O. The molecule has 0 radical (unpaired) electrons. The number of nitrogens with one attached hydrogen (secondary N) is 1. The fraction of sp³-hybridized carbons (Fsp3) is 0.188. The third kappa shape index (κ3) is 4.96. The molecule has 0 aliphatic carbocycles. The van der Waals surface area contributed by atoms with Crippen LogP contribution in [0.15, 0.2) is 47.6 Å². The van der Waals surface area contributed by atoms with Crippen LogP contribution < -0.4 is 10.2 Å². The average molecular weight is 323 g/mol. The molecule has 0 saturated carbocycles. The Labute approximate surface area is 134 Å². The van der Waals surface area contributed by atoms with Gasteiger partial charge in [0.2, 0.25) is 0 Å². The van der Waals surface area contributed by atoms with Gasteiger partial charge in [0.25, 0.3) is 0 Å². The molecule has 2 aromatic rings. The van der Waals surface area contributed by atoms with E-state index in [1.54, 1.807) is 18.3 Å². The molecule has 0 aliphatic rings. The summed E-state index contributed by atoms with van der Waals surface area (Å²) in [6.07, 6.45) is 2.73. The zero-order valence-electron chi connectivity index (χ0n) is 11.6. The first-order valence-electron chi connectivity index (χ1n) is 6.66. The van der Waals surface area contributed by atoms with Crippen LogP contribution in [0, 0.1) is 0 Å². The van der Waals surface area contributed by atoms with E-state index in [1.165, 1.54) is 0 Å². The fourth-order valence-corrected chi connectivity index (χ4v) is 1.92. The van der Waals surface area contributed by atoms with E-state index < -0.39 is 0 Å². The molecule has 0 aromatic heterocycles. The second-order valence-electron chi connectivity index (χ2n) is 4.42. The number of hydrogen-bond acceptors (Lipinski definition) is 3. The minimum Gasteiger partial charge on any atom is -0.494 e. The normalized spacial score (nSPS) is 10.8. The first-order chi connectivity index (χ1) is 10.2. The van der Waals surface area contributed by atoms with E-state index >= 15 is 0 Å². The smallest absolute Gasteiger partial charge is 0.119 e. The van der Waals surface area contributed by atoms with Gasteiger partial charge in [0.1, 0.15) is 5.75 Å². The summed E-state index contributed by atoms with van der Waals surface area (Å²) < 4.78 is 5.52. The van der Waals surface area contributed by atoms with Crippen molar-refractivity contribution in [2.75, 3.05) is 12.0 Å². The van der Waals surface area contributed by atoms with Gasteiger partial charge in [-0.1, -0.05) is 30.1 Å². The number of ether oxygens (including phenoxy) is 1. The highest BCUT2D eigenvalue weighted by Gasteiger charge is 1.98. The quantitative estimate of drug-likeness (QED) is 0.583. The van der Waals surface area contributed by atoms with Crippen LogP contribution in [0.5, 0.6) is 5.75 Å². The summed E-state index contributed by atoms with van der Waals surface area (Å²) in [5.74, 6) is 0.867. The number of hydrazone groups is 1. The monoisotopic (exact) mass is 322 g/mol. The summed E-state index contributed by atoms with van der Waals surface area (Å²) in [6, 6.07) is 13.0. The minimum atomic E-state index is 0.495. The highest BCUT2D eigenvalue weighted by Crippen LogP contribution is 2.24. The van der Waals surface area contributed by atoms with Crippen LogP contribution in [0.1, 0.15) is 18.9 Å². The Hall–Kier alpha value is -1.71. The first-order valence-corrected chi connectivity index (χ1v) is 7.41. The summed E-state index contributed by atoms with van der Waals surface area (Å²) in [7, 11) is 0. The van der Waals surface area contributed by atoms with E-state index in [4.69, 9.17) is 27.9 Å². The lowest BCUT2D eigenvalue weighted by Gasteiger charge is -2.04. The zero-order chi connectivity index (χ0) is 15.1. The van der Waals surface area contributed by atoms with Crippen molar-refractivity contribution in [3.05, 3.63) is 58.1 Å². The van der Waals surface area contributed by atoms with E-state index in [0.29, 0.717) is 10.0 Å². The van der Waals surface area contributed by atoms with Gasteiger partial charge in [-0.2, -0.15) is 5.10 Å². The highest BCUT2D eigenvalue weighted by atomic mass is 35.5. The highest BCUT2D eigenvalue weighted by molar-refractivity contribution is 6.42. The molecule has 0 saturated heterocycles. The topological polar surface area (TPSA) is 33.6 Å². The molecule has 0 amide bonds. The molecule has 1 N–H and O–H groups in total. The number of anilines is 1. The molecule has 3 nitrogen and oxygen atoms in total. The van der Waals surface area contributed by atoms with Gasteiger partial charge in [0.05, 0.1) is 28.6 Å². The van der Waals surface area contributed by atoms with Gasteiger partial charge in [-0.25, -0.2) is 0 Å². The molecule has 5 heteroatoms. The molecule has 0 aliphatic heterocycles. The second kappa shape index (κ2) is 7.91. The minimum absolute atomic E-state index is 0.495. The van der Waals surface area contributed by atoms with Gasteiger partial charge in [-0.05, 0) is 54.4 Å². The van der Waals surface area contributed by atoms with Gasteiger partial charge in [-0.15, -0.1) is 0 Å². The van der Waals surface area contributed by atoms with Crippen molar-refractivity contribution in [1.29, 1.82) is 0 Å². The van der Waals surface area contributed by atoms with E-state index in [1.807, 2.05) is 30.3 Å². The Kier molecular flexibility index (Phi) is 5.90. The van der Waals surface area contributed by atoms with E-state index in [9.17, 15) is 0 Å². The van der Waals surface area contributed by atoms with E-state index in [-0.39, 0.29) is 0 Å². The third-order valence-electron chi connectivity index (χ3n) is 2.68. The van der Waals surface area contributed by atoms with Crippen LogP contribution in [0.4, 0.5) is 5.69 Å². The number of rotatable bonds is 6. The second-order valence-corrected chi connectivity index (χ2v) is 5.23. The summed E-state index contributed by atoms with van der Waals surface area (Å²) in [5.41, 5.74) is 4.66. The first kappa shape index (κ1) is 15.7. The Balaban J connectivity index is 1.93. The van der Waals surface area contributed by atoms with Crippen LogP contribution in [0.3, 0.4) is 0 Å². The maximum Gasteiger partial charge on any atom is 0.119 e. The molecule has 0 atom stereocenters. The molecule has 0 unspecified atom stereocenters. The summed E-state index contributed by atoms with van der Waals surface area (Å²) >= 11 is 11.8. The molecule has 2 aromatic carbocycles. The van der Waals surface area contributed by atoms with Gasteiger partial charge in [0, 0.05) is 0 Å². The Morgan fingerprint density at radius 3 is 2.52 bits per heavy atom. The van der Waals surface area contributed by atoms with Crippen molar-refractivity contribution in [3.63, 3.8) is 0 Å². The van der Waals surface area contributed by atoms with Gasteiger partial charge in [-0.3, -0.25) is 5.43 Å². The molecule has 0 spiro atoms. The maximum atomic E-state index is 5.93. The van der Waals surface area contributed by atoms with Crippen molar-refractivity contribution in [1.82, 2.24) is 0 Å². The molecule has 0 fully saturated rings. The number of halogens is 2. The molecule has 110 valence electrons. The van der Waals surface area contributed by atoms with E-state index in [0.717, 1.165) is 30.0 Å². The van der Waals surface area contributed by atoms with Crippen LogP contribution in [0.2, 0.25) is 10.0 Å². The molecular weight excluding hydrogens is 307 g/mol. The molecule has 0 bridgehead atoms. The average Bonchev–Trinajstić information content (AvgIpc) is 2.50. The number of benzene rings is 2. The van der Waals surface area contributed by atoms with Crippen LogP contribution in [0.25, 0.3) is 0 Å². The SMILES string of the molecule is CCCOc1ccc(C=NNc2ccc(Cl)c(Cl)c2)cc1.